The molecule has 4 atom stereocenters. The third-order valence-electron chi connectivity index (χ3n) is 4.34. The van der Waals surface area contributed by atoms with Crippen LogP contribution < -0.4 is 4.72 Å². The largest absolute Gasteiger partial charge is 0.472 e. The first-order valence-corrected chi connectivity index (χ1v) is 9.66. The van der Waals surface area contributed by atoms with Crippen molar-refractivity contribution >= 4 is 16.0 Å². The fourth-order valence-electron chi connectivity index (χ4n) is 3.41. The Labute approximate surface area is 137 Å². The third kappa shape index (κ3) is 4.45. The van der Waals surface area contributed by atoms with Crippen LogP contribution in [-0.4, -0.2) is 46.7 Å². The highest BCUT2D eigenvalue weighted by Gasteiger charge is 2.48. The molecule has 2 aliphatic rings. The Hall–Kier alpha value is -1.12. The van der Waals surface area contributed by atoms with Crippen LogP contribution in [0.3, 0.4) is 0 Å². The molecule has 2 rings (SSSR count). The van der Waals surface area contributed by atoms with Crippen molar-refractivity contribution in [3.63, 3.8) is 0 Å². The van der Waals surface area contributed by atoms with Gasteiger partial charge in [0.25, 0.3) is 0 Å². The van der Waals surface area contributed by atoms with Crippen LogP contribution in [0.15, 0.2) is 11.8 Å². The molecule has 0 aromatic rings. The average Bonchev–Trinajstić information content (AvgIpc) is 2.88. The first-order chi connectivity index (χ1) is 10.7. The number of nitrogens with one attached hydrogen (secondary N) is 1. The molecule has 0 radical (unpaired) electrons. The minimum Gasteiger partial charge on any atom is -0.472 e. The number of sulfonamides is 1. The average molecular weight is 347 g/mol. The Morgan fingerprint density at radius 1 is 1.43 bits per heavy atom. The Morgan fingerprint density at radius 2 is 2.13 bits per heavy atom. The lowest BCUT2D eigenvalue weighted by molar-refractivity contribution is -0.184. The second-order valence-corrected chi connectivity index (χ2v) is 8.23. The number of hydrogen-bond donors (Lipinski definition) is 1. The lowest BCUT2D eigenvalue weighted by Crippen LogP contribution is -2.42. The van der Waals surface area contributed by atoms with Crippen LogP contribution in [0, 0.1) is 17.8 Å². The van der Waals surface area contributed by atoms with Crippen molar-refractivity contribution in [2.24, 2.45) is 17.8 Å². The molecule has 0 aromatic heterocycles. The number of hydrogen-bond acceptors (Lipinski definition) is 6. The van der Waals surface area contributed by atoms with Gasteiger partial charge in [0, 0.05) is 18.4 Å². The molecule has 0 spiro atoms. The zero-order chi connectivity index (χ0) is 17.2. The molecule has 0 saturated heterocycles. The van der Waals surface area contributed by atoms with Gasteiger partial charge < -0.3 is 14.2 Å². The summed E-state index contributed by atoms with van der Waals surface area (Å²) in [6, 6.07) is 0. The van der Waals surface area contributed by atoms with E-state index in [1.807, 2.05) is 13.8 Å². The van der Waals surface area contributed by atoms with Crippen LogP contribution in [0.25, 0.3) is 0 Å². The van der Waals surface area contributed by atoms with Gasteiger partial charge in [0.15, 0.2) is 0 Å². The quantitative estimate of drug-likeness (QED) is 0.721. The Morgan fingerprint density at radius 3 is 2.70 bits per heavy atom. The molecular formula is C15H25NO6S. The van der Waals surface area contributed by atoms with E-state index in [9.17, 15) is 13.2 Å². The molecule has 132 valence electrons. The zero-order valence-corrected chi connectivity index (χ0v) is 14.8. The summed E-state index contributed by atoms with van der Waals surface area (Å²) < 4.78 is 41.6. The zero-order valence-electron chi connectivity index (χ0n) is 13.9. The number of esters is 1. The summed E-state index contributed by atoms with van der Waals surface area (Å²) in [7, 11) is -1.92. The maximum atomic E-state index is 11.9. The van der Waals surface area contributed by atoms with E-state index in [0.717, 1.165) is 19.1 Å². The number of ether oxygens (including phenoxy) is 3. The summed E-state index contributed by atoms with van der Waals surface area (Å²) in [6.45, 7) is 4.14. The van der Waals surface area contributed by atoms with E-state index in [0.29, 0.717) is 12.1 Å². The van der Waals surface area contributed by atoms with Crippen molar-refractivity contribution in [3.05, 3.63) is 11.8 Å². The number of carbonyl (C=O) groups is 1. The molecule has 1 aliphatic carbocycles. The first-order valence-electron chi connectivity index (χ1n) is 7.77. The summed E-state index contributed by atoms with van der Waals surface area (Å²) in [5, 5.41) is 0. The van der Waals surface area contributed by atoms with Gasteiger partial charge in [0.2, 0.25) is 16.3 Å². The topological polar surface area (TPSA) is 90.9 Å². The number of methoxy groups -OCH3 is 1. The summed E-state index contributed by atoms with van der Waals surface area (Å²) in [4.78, 5) is 11.9. The molecule has 1 heterocycles. The summed E-state index contributed by atoms with van der Waals surface area (Å²) in [5.74, 6) is -0.469. The molecule has 0 aromatic carbocycles. The molecule has 0 amide bonds. The molecule has 3 unspecified atom stereocenters. The van der Waals surface area contributed by atoms with E-state index >= 15 is 0 Å². The standard InChI is InChI=1S/C15H25NO6S/c1-9(2)22-15-13-10(7-16-23(4,18)19)5-6-11(13)12(8-21-15)14(17)20-3/h8-11,13,15-16H,5-7H2,1-4H3/t10?,11?,13?,15-/m0/s1. The molecule has 1 saturated carbocycles. The predicted octanol–water partition coefficient (Wildman–Crippen LogP) is 1.02. The van der Waals surface area contributed by atoms with Gasteiger partial charge in [-0.2, -0.15) is 0 Å². The molecule has 1 N–H and O–H groups in total. The lowest BCUT2D eigenvalue weighted by Gasteiger charge is -2.36. The van der Waals surface area contributed by atoms with Crippen molar-refractivity contribution in [1.82, 2.24) is 4.72 Å². The lowest BCUT2D eigenvalue weighted by atomic mass is 9.83. The van der Waals surface area contributed by atoms with Gasteiger partial charge in [0.1, 0.15) is 0 Å². The molecule has 0 bridgehead atoms. The maximum Gasteiger partial charge on any atom is 0.337 e. The van der Waals surface area contributed by atoms with Crippen LogP contribution in [0.2, 0.25) is 0 Å². The van der Waals surface area contributed by atoms with Crippen molar-refractivity contribution in [2.45, 2.75) is 39.1 Å². The summed E-state index contributed by atoms with van der Waals surface area (Å²) >= 11 is 0. The normalized spacial score (nSPS) is 30.6. The number of rotatable bonds is 6. The Bertz CT molecular complexity index is 571. The van der Waals surface area contributed by atoms with Crippen LogP contribution in [-0.2, 0) is 29.0 Å². The number of fused-ring (bicyclic) bond motifs is 1. The van der Waals surface area contributed by atoms with Crippen molar-refractivity contribution in [3.8, 4) is 0 Å². The SMILES string of the molecule is COC(=O)C1=CO[C@@H](OC(C)C)C2C(CNS(C)(=O)=O)CCC12. The molecule has 1 aliphatic heterocycles. The Kier molecular flexibility index (Phi) is 5.70. The van der Waals surface area contributed by atoms with E-state index in [2.05, 4.69) is 4.72 Å². The van der Waals surface area contributed by atoms with E-state index < -0.39 is 22.3 Å². The molecule has 23 heavy (non-hydrogen) atoms. The van der Waals surface area contributed by atoms with Crippen molar-refractivity contribution in [2.75, 3.05) is 19.9 Å². The monoisotopic (exact) mass is 347 g/mol. The van der Waals surface area contributed by atoms with Gasteiger partial charge in [-0.1, -0.05) is 0 Å². The highest BCUT2D eigenvalue weighted by Crippen LogP contribution is 2.47. The van der Waals surface area contributed by atoms with E-state index in [1.54, 1.807) is 0 Å². The van der Waals surface area contributed by atoms with Gasteiger partial charge in [0.05, 0.1) is 31.3 Å². The molecular weight excluding hydrogens is 322 g/mol. The second-order valence-electron chi connectivity index (χ2n) is 6.40. The highest BCUT2D eigenvalue weighted by molar-refractivity contribution is 7.88. The third-order valence-corrected chi connectivity index (χ3v) is 5.03. The van der Waals surface area contributed by atoms with Gasteiger partial charge in [-0.3, -0.25) is 0 Å². The van der Waals surface area contributed by atoms with E-state index in [4.69, 9.17) is 14.2 Å². The predicted molar refractivity (Wildman–Crippen MR) is 83.7 cm³/mol. The molecule has 8 heteroatoms. The van der Waals surface area contributed by atoms with Crippen molar-refractivity contribution < 1.29 is 27.4 Å². The van der Waals surface area contributed by atoms with Gasteiger partial charge in [-0.15, -0.1) is 0 Å². The van der Waals surface area contributed by atoms with Gasteiger partial charge >= 0.3 is 5.97 Å². The molecule has 7 nitrogen and oxygen atoms in total. The Balaban J connectivity index is 2.20. The molecule has 1 fully saturated rings. The maximum absolute atomic E-state index is 11.9. The van der Waals surface area contributed by atoms with Gasteiger partial charge in [-0.05, 0) is 32.6 Å². The minimum absolute atomic E-state index is 0.0298. The van der Waals surface area contributed by atoms with Crippen LogP contribution in [0.1, 0.15) is 26.7 Å². The fourth-order valence-corrected chi connectivity index (χ4v) is 3.92. The highest BCUT2D eigenvalue weighted by atomic mass is 32.2. The summed E-state index contributed by atoms with van der Waals surface area (Å²) in [5.41, 5.74) is 0.503. The van der Waals surface area contributed by atoms with Gasteiger partial charge in [-0.25, -0.2) is 17.9 Å². The van der Waals surface area contributed by atoms with Crippen LogP contribution >= 0.6 is 0 Å². The number of carbonyl (C=O) groups excluding carboxylic acids is 1. The fraction of sp³-hybridized carbons (Fsp3) is 0.800. The van der Waals surface area contributed by atoms with E-state index in [-0.39, 0.29) is 23.9 Å². The minimum atomic E-state index is -3.26. The second kappa shape index (κ2) is 7.19. The van der Waals surface area contributed by atoms with Crippen molar-refractivity contribution in [1.29, 1.82) is 0 Å². The first kappa shape index (κ1) is 18.2. The van der Waals surface area contributed by atoms with E-state index in [1.165, 1.54) is 13.4 Å². The van der Waals surface area contributed by atoms with Crippen LogP contribution in [0.4, 0.5) is 0 Å². The van der Waals surface area contributed by atoms with Crippen LogP contribution in [0.5, 0.6) is 0 Å². The summed E-state index contributed by atoms with van der Waals surface area (Å²) in [6.07, 6.45) is 3.64. The smallest absolute Gasteiger partial charge is 0.337 e.